The normalized spacial score (nSPS) is 21.8. The van der Waals surface area contributed by atoms with Gasteiger partial charge in [0.25, 0.3) is 0 Å². The second kappa shape index (κ2) is 4.81. The Labute approximate surface area is 107 Å². The molecule has 2 aliphatic rings. The summed E-state index contributed by atoms with van der Waals surface area (Å²) in [5, 5.41) is 0. The van der Waals surface area contributed by atoms with Gasteiger partial charge in [0, 0.05) is 0 Å². The smallest absolute Gasteiger partial charge is 0.0581 e. The number of hydrogen-bond acceptors (Lipinski definition) is 0. The summed E-state index contributed by atoms with van der Waals surface area (Å²) >= 11 is 0. The second-order valence-corrected chi connectivity index (χ2v) is 8.28. The number of allylic oxidation sites excluding steroid dienone is 8. The Hall–Kier alpha value is -0.823. The van der Waals surface area contributed by atoms with Crippen LogP contribution in [0.2, 0.25) is 18.1 Å². The van der Waals surface area contributed by atoms with E-state index in [1.165, 1.54) is 6.04 Å². The molecule has 1 radical (unpaired) electrons. The molecule has 2 rings (SSSR count). The van der Waals surface area contributed by atoms with Crippen molar-refractivity contribution in [2.75, 3.05) is 0 Å². The zero-order valence-electron chi connectivity index (χ0n) is 11.7. The predicted octanol–water partition coefficient (Wildman–Crippen LogP) is 4.91. The Morgan fingerprint density at radius 1 is 0.941 bits per heavy atom. The third-order valence-corrected chi connectivity index (χ3v) is 7.21. The highest BCUT2D eigenvalue weighted by molar-refractivity contribution is 6.60. The van der Waals surface area contributed by atoms with Crippen LogP contribution in [0.5, 0.6) is 0 Å². The molecule has 1 heteroatoms. The van der Waals surface area contributed by atoms with Crippen LogP contribution in [0.15, 0.2) is 46.6 Å². The molecule has 0 saturated heterocycles. The summed E-state index contributed by atoms with van der Waals surface area (Å²) in [6, 6.07) is 1.39. The van der Waals surface area contributed by atoms with E-state index in [1.54, 1.807) is 22.3 Å². The maximum atomic E-state index is 2.48. The number of rotatable bonds is 3. The molecule has 0 bridgehead atoms. The minimum Gasteiger partial charge on any atom is -0.0806 e. The monoisotopic (exact) mass is 243 g/mol. The molecule has 0 aromatic rings. The van der Waals surface area contributed by atoms with Crippen molar-refractivity contribution in [2.45, 2.75) is 45.8 Å². The molecule has 0 aromatic heterocycles. The van der Waals surface area contributed by atoms with Crippen molar-refractivity contribution in [3.63, 3.8) is 0 Å². The summed E-state index contributed by atoms with van der Waals surface area (Å²) in [6.07, 6.45) is 9.16. The molecule has 91 valence electrons. The van der Waals surface area contributed by atoms with Gasteiger partial charge >= 0.3 is 0 Å². The van der Waals surface area contributed by atoms with E-state index in [9.17, 15) is 0 Å². The van der Waals surface area contributed by atoms with Crippen molar-refractivity contribution in [3.8, 4) is 0 Å². The second-order valence-electron chi connectivity index (χ2n) is 5.51. The van der Waals surface area contributed by atoms with Gasteiger partial charge in [-0.15, -0.1) is 0 Å². The topological polar surface area (TPSA) is 0 Å². The molecular formula is C16H23Si. The van der Waals surface area contributed by atoms with Gasteiger partial charge in [0.15, 0.2) is 0 Å². The molecule has 0 nitrogen and oxygen atoms in total. The van der Waals surface area contributed by atoms with Gasteiger partial charge in [-0.05, 0) is 56.3 Å². The van der Waals surface area contributed by atoms with Crippen LogP contribution in [0, 0.1) is 5.92 Å². The fourth-order valence-corrected chi connectivity index (χ4v) is 5.37. The molecule has 17 heavy (non-hydrogen) atoms. The van der Waals surface area contributed by atoms with Gasteiger partial charge in [0.1, 0.15) is 0 Å². The molecule has 0 heterocycles. The zero-order chi connectivity index (χ0) is 12.6. The van der Waals surface area contributed by atoms with Crippen LogP contribution in [0.4, 0.5) is 0 Å². The van der Waals surface area contributed by atoms with Crippen LogP contribution in [0.3, 0.4) is 0 Å². The minimum absolute atomic E-state index is 0.304. The summed E-state index contributed by atoms with van der Waals surface area (Å²) in [6.45, 7) is 11.7. The largest absolute Gasteiger partial charge is 0.0806 e. The summed E-state index contributed by atoms with van der Waals surface area (Å²) in [5.41, 5.74) is 7.08. The summed E-state index contributed by atoms with van der Waals surface area (Å²) in [7, 11) is -0.304. The van der Waals surface area contributed by atoms with E-state index >= 15 is 0 Å². The van der Waals surface area contributed by atoms with Crippen molar-refractivity contribution in [1.82, 2.24) is 0 Å². The van der Waals surface area contributed by atoms with Crippen molar-refractivity contribution in [1.29, 1.82) is 0 Å². The third-order valence-electron chi connectivity index (χ3n) is 4.63. The first kappa shape index (κ1) is 12.6. The van der Waals surface area contributed by atoms with Crippen LogP contribution < -0.4 is 0 Å². The Bertz CT molecular complexity index is 398. The molecule has 0 atom stereocenters. The average Bonchev–Trinajstić information content (AvgIpc) is 2.90. The maximum Gasteiger partial charge on any atom is 0.0581 e. The minimum atomic E-state index is -0.304. The summed E-state index contributed by atoms with van der Waals surface area (Å²) < 4.78 is 0. The Morgan fingerprint density at radius 2 is 1.41 bits per heavy atom. The van der Waals surface area contributed by atoms with E-state index in [1.807, 2.05) is 0 Å². The van der Waals surface area contributed by atoms with Crippen LogP contribution in [0.25, 0.3) is 0 Å². The lowest BCUT2D eigenvalue weighted by Gasteiger charge is -2.21. The van der Waals surface area contributed by atoms with E-state index in [0.717, 1.165) is 11.5 Å². The quantitative estimate of drug-likeness (QED) is 0.618. The molecule has 0 aliphatic heterocycles. The summed E-state index contributed by atoms with van der Waals surface area (Å²) in [4.78, 5) is 0. The van der Waals surface area contributed by atoms with Crippen LogP contribution in [-0.2, 0) is 0 Å². The van der Waals surface area contributed by atoms with Gasteiger partial charge in [-0.1, -0.05) is 42.0 Å². The summed E-state index contributed by atoms with van der Waals surface area (Å²) in [5.74, 6) is 0.733. The molecule has 0 saturated carbocycles. The van der Waals surface area contributed by atoms with Gasteiger partial charge in [0.05, 0.1) is 8.80 Å². The predicted molar refractivity (Wildman–Crippen MR) is 78.7 cm³/mol. The Kier molecular flexibility index (Phi) is 3.57. The molecule has 0 spiro atoms. The Morgan fingerprint density at radius 3 is 1.88 bits per heavy atom. The van der Waals surface area contributed by atoms with E-state index in [-0.39, 0.29) is 8.80 Å². The van der Waals surface area contributed by atoms with Crippen LogP contribution >= 0.6 is 0 Å². The molecule has 0 amide bonds. The molecule has 0 aromatic carbocycles. The highest BCUT2D eigenvalue weighted by atomic mass is 28.3. The molecular weight excluding hydrogens is 220 g/mol. The highest BCUT2D eigenvalue weighted by Crippen LogP contribution is 2.40. The van der Waals surface area contributed by atoms with Gasteiger partial charge < -0.3 is 0 Å². The Balaban J connectivity index is 2.10. The first-order valence-corrected chi connectivity index (χ1v) is 8.83. The van der Waals surface area contributed by atoms with Crippen LogP contribution in [-0.4, -0.2) is 8.80 Å². The fourth-order valence-electron chi connectivity index (χ4n) is 2.96. The van der Waals surface area contributed by atoms with Crippen LogP contribution in [0.1, 0.15) is 27.7 Å². The lowest BCUT2D eigenvalue weighted by atomic mass is 9.99. The van der Waals surface area contributed by atoms with Gasteiger partial charge in [-0.3, -0.25) is 0 Å². The van der Waals surface area contributed by atoms with E-state index in [2.05, 4.69) is 58.5 Å². The third kappa shape index (κ3) is 2.26. The van der Waals surface area contributed by atoms with Crippen molar-refractivity contribution >= 4 is 8.80 Å². The molecule has 0 N–H and O–H groups in total. The van der Waals surface area contributed by atoms with Gasteiger partial charge in [-0.2, -0.15) is 0 Å². The van der Waals surface area contributed by atoms with Crippen molar-refractivity contribution in [3.05, 3.63) is 46.6 Å². The SMILES string of the molecule is CC1=C(C)C(C[Si](C)C2C=CC=C2)C(C)=C1C. The zero-order valence-corrected chi connectivity index (χ0v) is 12.7. The lowest BCUT2D eigenvalue weighted by molar-refractivity contribution is 0.798. The lowest BCUT2D eigenvalue weighted by Crippen LogP contribution is -2.18. The van der Waals surface area contributed by atoms with Gasteiger partial charge in [-0.25, -0.2) is 0 Å². The van der Waals surface area contributed by atoms with Crippen molar-refractivity contribution < 1.29 is 0 Å². The maximum absolute atomic E-state index is 2.48. The molecule has 0 unspecified atom stereocenters. The standard InChI is InChI=1S/C16H23Si/c1-11-12(2)14(4)16(13(11)3)10-17(5)15-8-6-7-9-15/h6-9,15-16H,10H2,1-5H3. The molecule has 2 aliphatic carbocycles. The van der Waals surface area contributed by atoms with Crippen molar-refractivity contribution in [2.24, 2.45) is 5.92 Å². The van der Waals surface area contributed by atoms with E-state index in [0.29, 0.717) is 0 Å². The fraction of sp³-hybridized carbons (Fsp3) is 0.500. The first-order chi connectivity index (χ1) is 8.02. The molecule has 0 fully saturated rings. The van der Waals surface area contributed by atoms with E-state index in [4.69, 9.17) is 0 Å². The van der Waals surface area contributed by atoms with E-state index < -0.39 is 0 Å². The number of hydrogen-bond donors (Lipinski definition) is 0. The average molecular weight is 243 g/mol. The highest BCUT2D eigenvalue weighted by Gasteiger charge is 2.28. The first-order valence-electron chi connectivity index (χ1n) is 6.54. The van der Waals surface area contributed by atoms with Gasteiger partial charge in [0.2, 0.25) is 0 Å².